The van der Waals surface area contributed by atoms with Crippen LogP contribution in [0.25, 0.3) is 0 Å². The molecule has 0 N–H and O–H groups in total. The van der Waals surface area contributed by atoms with Crippen molar-refractivity contribution in [3.05, 3.63) is 71.8 Å². The maximum atomic E-state index is 11.6. The summed E-state index contributed by atoms with van der Waals surface area (Å²) < 4.78 is 34.9. The fourth-order valence-electron chi connectivity index (χ4n) is 1.61. The van der Waals surface area contributed by atoms with Crippen molar-refractivity contribution >= 4 is 27.6 Å². The van der Waals surface area contributed by atoms with Crippen LogP contribution in [-0.4, -0.2) is 11.9 Å². The van der Waals surface area contributed by atoms with Crippen LogP contribution in [-0.2, 0) is 22.5 Å². The lowest BCUT2D eigenvalue weighted by Gasteiger charge is -2.29. The Balaban J connectivity index is 2.03. The third-order valence-electron chi connectivity index (χ3n) is 2.61. The van der Waals surface area contributed by atoms with Gasteiger partial charge in [-0.15, -0.1) is 0 Å². The number of hydrogen-bond donors (Lipinski definition) is 0. The molecule has 0 aliphatic heterocycles. The van der Waals surface area contributed by atoms with Crippen molar-refractivity contribution in [2.24, 2.45) is 0 Å². The van der Waals surface area contributed by atoms with Crippen LogP contribution in [0.4, 0.5) is 0 Å². The lowest BCUT2D eigenvalue weighted by molar-refractivity contribution is -0.237. The zero-order valence-electron chi connectivity index (χ0n) is 12.3. The molecule has 9 nitrogen and oxygen atoms in total. The molecule has 0 saturated heterocycles. The van der Waals surface area contributed by atoms with Gasteiger partial charge in [0, 0.05) is 0 Å². The molecule has 0 bridgehead atoms. The van der Waals surface area contributed by atoms with Crippen LogP contribution in [0.15, 0.2) is 60.7 Å². The summed E-state index contributed by atoms with van der Waals surface area (Å²) in [4.78, 5) is 46.3. The standard InChI is InChI=1S/C14H12O9P2/c15-13(11-7-3-1-4-8-11)21-24(17,18)23-25(19,20)22-14(16)12-9-5-2-6-10-12/h1-10H,(H,17,18)(H,19,20)/p-2. The van der Waals surface area contributed by atoms with Crippen LogP contribution in [0.5, 0.6) is 0 Å². The highest BCUT2D eigenvalue weighted by Gasteiger charge is 2.27. The third kappa shape index (κ3) is 5.94. The zero-order chi connectivity index (χ0) is 18.5. The van der Waals surface area contributed by atoms with Gasteiger partial charge in [-0.05, 0) is 24.3 Å². The lowest BCUT2D eigenvalue weighted by atomic mass is 10.2. The molecule has 0 radical (unpaired) electrons. The molecular formula is C14H10O9P2-2. The van der Waals surface area contributed by atoms with Crippen molar-refractivity contribution in [2.75, 3.05) is 0 Å². The van der Waals surface area contributed by atoms with Gasteiger partial charge in [0.15, 0.2) is 0 Å². The summed E-state index contributed by atoms with van der Waals surface area (Å²) in [5.74, 6) is -2.71. The fraction of sp³-hybridized carbons (Fsp3) is 0. The Morgan fingerprint density at radius 1 is 0.680 bits per heavy atom. The van der Waals surface area contributed by atoms with Gasteiger partial charge in [-0.3, -0.25) is 9.13 Å². The Bertz CT molecular complexity index is 780. The van der Waals surface area contributed by atoms with E-state index in [0.29, 0.717) is 0 Å². The maximum absolute atomic E-state index is 11.6. The van der Waals surface area contributed by atoms with E-state index in [0.717, 1.165) is 0 Å². The first-order chi connectivity index (χ1) is 11.7. The Hall–Kier alpha value is -2.28. The van der Waals surface area contributed by atoms with Gasteiger partial charge in [0.05, 0.1) is 11.1 Å². The highest BCUT2D eigenvalue weighted by molar-refractivity contribution is 7.60. The average Bonchev–Trinajstić information content (AvgIpc) is 2.54. The van der Waals surface area contributed by atoms with E-state index in [1.807, 2.05) is 0 Å². The molecule has 2 unspecified atom stereocenters. The summed E-state index contributed by atoms with van der Waals surface area (Å²) in [6, 6.07) is 13.9. The first kappa shape index (κ1) is 19.1. The average molecular weight is 384 g/mol. The predicted molar refractivity (Wildman–Crippen MR) is 80.0 cm³/mol. The molecule has 2 aromatic carbocycles. The number of hydrogen-bond acceptors (Lipinski definition) is 9. The maximum Gasteiger partial charge on any atom is 0.343 e. The molecule has 0 spiro atoms. The highest BCUT2D eigenvalue weighted by Crippen LogP contribution is 2.56. The van der Waals surface area contributed by atoms with Gasteiger partial charge in [0.1, 0.15) is 0 Å². The molecule has 2 atom stereocenters. The summed E-state index contributed by atoms with van der Waals surface area (Å²) in [5.41, 5.74) is -0.298. The second kappa shape index (κ2) is 7.74. The molecule has 11 heteroatoms. The number of rotatable bonds is 6. The van der Waals surface area contributed by atoms with Gasteiger partial charge in [-0.2, -0.15) is 0 Å². The summed E-state index contributed by atoms with van der Waals surface area (Å²) in [5, 5.41) is 0. The molecule has 2 rings (SSSR count). The number of phosphoric ester groups is 2. The van der Waals surface area contributed by atoms with Gasteiger partial charge < -0.3 is 18.8 Å². The highest BCUT2D eigenvalue weighted by atomic mass is 31.3. The van der Waals surface area contributed by atoms with Crippen molar-refractivity contribution in [3.8, 4) is 0 Å². The number of phosphoric acid groups is 2. The number of carbonyl (C=O) groups excluding carboxylic acids is 2. The van der Waals surface area contributed by atoms with E-state index in [-0.39, 0.29) is 11.1 Å². The van der Waals surface area contributed by atoms with Crippen LogP contribution in [0.2, 0.25) is 0 Å². The Labute approximate surface area is 142 Å². The van der Waals surface area contributed by atoms with Crippen molar-refractivity contribution in [1.29, 1.82) is 0 Å². The molecule has 0 amide bonds. The largest absolute Gasteiger partial charge is 0.746 e. The van der Waals surface area contributed by atoms with Crippen molar-refractivity contribution in [1.82, 2.24) is 0 Å². The van der Waals surface area contributed by atoms with E-state index >= 15 is 0 Å². The minimum atomic E-state index is -5.64. The van der Waals surface area contributed by atoms with Gasteiger partial charge in [-0.1, -0.05) is 36.4 Å². The Morgan fingerprint density at radius 3 is 1.32 bits per heavy atom. The van der Waals surface area contributed by atoms with Crippen molar-refractivity contribution in [3.63, 3.8) is 0 Å². The van der Waals surface area contributed by atoms with Crippen molar-refractivity contribution in [2.45, 2.75) is 0 Å². The topological polar surface area (TPSA) is 142 Å². The molecule has 25 heavy (non-hydrogen) atoms. The number of carbonyl (C=O) groups is 2. The number of benzene rings is 2. The normalized spacial score (nSPS) is 15.4. The molecule has 0 aromatic heterocycles. The van der Waals surface area contributed by atoms with Gasteiger partial charge >= 0.3 is 27.6 Å². The van der Waals surface area contributed by atoms with E-state index in [1.165, 1.54) is 48.5 Å². The van der Waals surface area contributed by atoms with Gasteiger partial charge in [0.25, 0.3) is 0 Å². The second-order valence-corrected chi connectivity index (χ2v) is 7.27. The van der Waals surface area contributed by atoms with Crippen LogP contribution in [0.1, 0.15) is 20.7 Å². The minimum absolute atomic E-state index is 0.149. The fourth-order valence-corrected chi connectivity index (χ4v) is 3.48. The molecule has 0 aliphatic rings. The van der Waals surface area contributed by atoms with Crippen LogP contribution >= 0.6 is 15.6 Å². The molecule has 0 saturated carbocycles. The van der Waals surface area contributed by atoms with Crippen LogP contribution < -0.4 is 9.79 Å². The summed E-state index contributed by atoms with van der Waals surface area (Å²) in [6.45, 7) is 0. The summed E-state index contributed by atoms with van der Waals surface area (Å²) in [6.07, 6.45) is 0. The first-order valence-electron chi connectivity index (χ1n) is 6.60. The third-order valence-corrected chi connectivity index (χ3v) is 4.99. The molecule has 0 aliphatic carbocycles. The van der Waals surface area contributed by atoms with Crippen LogP contribution in [0.3, 0.4) is 0 Å². The second-order valence-electron chi connectivity index (χ2n) is 4.47. The van der Waals surface area contributed by atoms with E-state index in [2.05, 4.69) is 13.4 Å². The molecule has 0 fully saturated rings. The molecule has 132 valence electrons. The zero-order valence-corrected chi connectivity index (χ0v) is 14.1. The van der Waals surface area contributed by atoms with Crippen molar-refractivity contribution < 1.29 is 41.9 Å². The smallest absolute Gasteiger partial charge is 0.343 e. The quantitative estimate of drug-likeness (QED) is 0.679. The SMILES string of the molecule is O=C(OP(=O)([O-])OP(=O)([O-])OC(=O)c1ccccc1)c1ccccc1. The Morgan fingerprint density at radius 2 is 1.00 bits per heavy atom. The predicted octanol–water partition coefficient (Wildman–Crippen LogP) is 1.65. The van der Waals surface area contributed by atoms with E-state index in [9.17, 15) is 28.5 Å². The van der Waals surface area contributed by atoms with Gasteiger partial charge in [0.2, 0.25) is 0 Å². The lowest BCUT2D eigenvalue weighted by Crippen LogP contribution is -2.18. The monoisotopic (exact) mass is 384 g/mol. The first-order valence-corrected chi connectivity index (χ1v) is 9.52. The molecule has 2 aromatic rings. The minimum Gasteiger partial charge on any atom is -0.746 e. The van der Waals surface area contributed by atoms with Crippen LogP contribution in [0, 0.1) is 0 Å². The van der Waals surface area contributed by atoms with E-state index < -0.39 is 27.6 Å². The summed E-state index contributed by atoms with van der Waals surface area (Å²) >= 11 is 0. The summed E-state index contributed by atoms with van der Waals surface area (Å²) in [7, 11) is -11.3. The molecule has 0 heterocycles. The van der Waals surface area contributed by atoms with E-state index in [1.54, 1.807) is 12.1 Å². The Kier molecular flexibility index (Phi) is 5.89. The van der Waals surface area contributed by atoms with Gasteiger partial charge in [-0.25, -0.2) is 13.9 Å². The van der Waals surface area contributed by atoms with E-state index in [4.69, 9.17) is 0 Å². The molecular weight excluding hydrogens is 374 g/mol.